The van der Waals surface area contributed by atoms with Crippen molar-refractivity contribution in [2.75, 3.05) is 18.4 Å². The molecule has 3 aromatic rings. The van der Waals surface area contributed by atoms with Crippen LogP contribution in [0.4, 0.5) is 5.13 Å². The topological polar surface area (TPSA) is 100 Å². The highest BCUT2D eigenvalue weighted by molar-refractivity contribution is 7.13. The van der Waals surface area contributed by atoms with E-state index in [9.17, 15) is 14.4 Å². The first-order chi connectivity index (χ1) is 14.4. The van der Waals surface area contributed by atoms with Gasteiger partial charge in [0.15, 0.2) is 5.13 Å². The van der Waals surface area contributed by atoms with Gasteiger partial charge in [-0.2, -0.15) is 0 Å². The number of fused-ring (bicyclic) bond motifs is 1. The Morgan fingerprint density at radius 3 is 2.73 bits per heavy atom. The molecule has 2 aromatic heterocycles. The van der Waals surface area contributed by atoms with Crippen LogP contribution < -0.4 is 11.0 Å². The molecule has 0 radical (unpaired) electrons. The van der Waals surface area contributed by atoms with Gasteiger partial charge in [0, 0.05) is 30.4 Å². The zero-order chi connectivity index (χ0) is 21.3. The van der Waals surface area contributed by atoms with Gasteiger partial charge in [-0.25, -0.2) is 9.78 Å². The van der Waals surface area contributed by atoms with Crippen LogP contribution in [0.3, 0.4) is 0 Å². The number of H-pyrrole nitrogens is 1. The fraction of sp³-hybridized carbons (Fsp3) is 0.429. The van der Waals surface area contributed by atoms with Gasteiger partial charge >= 0.3 is 5.69 Å². The Morgan fingerprint density at radius 1 is 1.27 bits per heavy atom. The van der Waals surface area contributed by atoms with Crippen molar-refractivity contribution in [3.8, 4) is 0 Å². The summed E-state index contributed by atoms with van der Waals surface area (Å²) in [5.41, 5.74) is 2.31. The Morgan fingerprint density at radius 2 is 2.00 bits per heavy atom. The van der Waals surface area contributed by atoms with Crippen molar-refractivity contribution in [3.63, 3.8) is 0 Å². The van der Waals surface area contributed by atoms with E-state index in [4.69, 9.17) is 0 Å². The van der Waals surface area contributed by atoms with Crippen LogP contribution >= 0.6 is 11.3 Å². The molecule has 2 amide bonds. The highest BCUT2D eigenvalue weighted by Gasteiger charge is 2.26. The number of para-hydroxylation sites is 2. The molecular weight excluding hydrogens is 402 g/mol. The van der Waals surface area contributed by atoms with Crippen molar-refractivity contribution >= 4 is 39.3 Å². The second kappa shape index (κ2) is 8.43. The summed E-state index contributed by atoms with van der Waals surface area (Å²) in [6.07, 6.45) is 1.69. The van der Waals surface area contributed by atoms with Crippen LogP contribution in [0.1, 0.15) is 38.4 Å². The molecule has 1 fully saturated rings. The van der Waals surface area contributed by atoms with Crippen molar-refractivity contribution in [1.82, 2.24) is 19.4 Å². The average Bonchev–Trinajstić information content (AvgIpc) is 3.30. The SMILES string of the molecule is CC(C)C(=O)Nc1nc(CC(=O)N2CCC(n3c(=O)[nH]c4ccccc43)CC2)cs1. The monoisotopic (exact) mass is 427 g/mol. The first-order valence-electron chi connectivity index (χ1n) is 10.1. The second-order valence-corrected chi connectivity index (χ2v) is 8.75. The van der Waals surface area contributed by atoms with E-state index in [0.717, 1.165) is 23.9 Å². The van der Waals surface area contributed by atoms with Gasteiger partial charge in [-0.15, -0.1) is 11.3 Å². The van der Waals surface area contributed by atoms with Crippen LogP contribution in [0, 0.1) is 5.92 Å². The molecule has 2 N–H and O–H groups in total. The quantitative estimate of drug-likeness (QED) is 0.654. The van der Waals surface area contributed by atoms with Crippen LogP contribution in [0.5, 0.6) is 0 Å². The molecule has 0 aliphatic carbocycles. The fourth-order valence-corrected chi connectivity index (χ4v) is 4.49. The minimum Gasteiger partial charge on any atom is -0.342 e. The Kier molecular flexibility index (Phi) is 5.72. The van der Waals surface area contributed by atoms with E-state index in [1.807, 2.05) is 53.0 Å². The number of aromatic amines is 1. The predicted octanol–water partition coefficient (Wildman–Crippen LogP) is 2.79. The van der Waals surface area contributed by atoms with Crippen LogP contribution in [0.25, 0.3) is 11.0 Å². The molecule has 1 saturated heterocycles. The number of likely N-dealkylation sites (tertiary alicyclic amines) is 1. The first kappa shape index (κ1) is 20.3. The molecule has 158 valence electrons. The lowest BCUT2D eigenvalue weighted by atomic mass is 10.0. The molecule has 30 heavy (non-hydrogen) atoms. The van der Waals surface area contributed by atoms with E-state index >= 15 is 0 Å². The average molecular weight is 428 g/mol. The lowest BCUT2D eigenvalue weighted by Gasteiger charge is -2.32. The maximum Gasteiger partial charge on any atom is 0.326 e. The maximum atomic E-state index is 12.7. The number of hydrogen-bond acceptors (Lipinski definition) is 5. The van der Waals surface area contributed by atoms with Crippen LogP contribution in [0.2, 0.25) is 0 Å². The van der Waals surface area contributed by atoms with Gasteiger partial charge in [0.05, 0.1) is 23.1 Å². The third kappa shape index (κ3) is 4.16. The predicted molar refractivity (Wildman–Crippen MR) is 117 cm³/mol. The van der Waals surface area contributed by atoms with E-state index in [2.05, 4.69) is 15.3 Å². The number of nitrogens with one attached hydrogen (secondary N) is 2. The van der Waals surface area contributed by atoms with Crippen molar-refractivity contribution in [2.24, 2.45) is 5.92 Å². The van der Waals surface area contributed by atoms with Crippen molar-refractivity contribution < 1.29 is 9.59 Å². The van der Waals surface area contributed by atoms with Gasteiger partial charge in [-0.3, -0.25) is 14.2 Å². The van der Waals surface area contributed by atoms with E-state index in [1.54, 1.807) is 0 Å². The molecule has 3 heterocycles. The molecule has 8 nitrogen and oxygen atoms in total. The third-order valence-electron chi connectivity index (χ3n) is 5.44. The third-order valence-corrected chi connectivity index (χ3v) is 6.25. The number of benzene rings is 1. The lowest BCUT2D eigenvalue weighted by Crippen LogP contribution is -2.41. The fourth-order valence-electron chi connectivity index (χ4n) is 3.77. The summed E-state index contributed by atoms with van der Waals surface area (Å²) in [5.74, 6) is -0.187. The van der Waals surface area contributed by atoms with Crippen LogP contribution in [-0.4, -0.2) is 44.3 Å². The number of anilines is 1. The number of rotatable bonds is 5. The highest BCUT2D eigenvalue weighted by Crippen LogP contribution is 2.25. The van der Waals surface area contributed by atoms with Gasteiger partial charge < -0.3 is 15.2 Å². The molecule has 0 atom stereocenters. The number of imidazole rings is 1. The smallest absolute Gasteiger partial charge is 0.326 e. The molecule has 0 bridgehead atoms. The summed E-state index contributed by atoms with van der Waals surface area (Å²) in [6.45, 7) is 4.86. The molecular formula is C21H25N5O3S. The molecule has 4 rings (SSSR count). The Balaban J connectivity index is 1.36. The van der Waals surface area contributed by atoms with Crippen LogP contribution in [0.15, 0.2) is 34.4 Å². The zero-order valence-corrected chi connectivity index (χ0v) is 17.9. The van der Waals surface area contributed by atoms with Crippen molar-refractivity contribution in [1.29, 1.82) is 0 Å². The largest absolute Gasteiger partial charge is 0.342 e. The zero-order valence-electron chi connectivity index (χ0n) is 17.1. The number of hydrogen-bond donors (Lipinski definition) is 2. The van der Waals surface area contributed by atoms with Crippen molar-refractivity contribution in [3.05, 3.63) is 45.8 Å². The summed E-state index contributed by atoms with van der Waals surface area (Å²) in [4.78, 5) is 46.0. The van der Waals surface area contributed by atoms with Gasteiger partial charge in [-0.1, -0.05) is 26.0 Å². The minimum absolute atomic E-state index is 0.0201. The number of amides is 2. The number of thiazole rings is 1. The Hall–Kier alpha value is -2.94. The molecule has 1 aliphatic heterocycles. The van der Waals surface area contributed by atoms with Gasteiger partial charge in [0.2, 0.25) is 11.8 Å². The molecule has 0 spiro atoms. The van der Waals surface area contributed by atoms with Crippen molar-refractivity contribution in [2.45, 2.75) is 39.2 Å². The molecule has 0 saturated carbocycles. The summed E-state index contributed by atoms with van der Waals surface area (Å²) >= 11 is 1.33. The van der Waals surface area contributed by atoms with E-state index in [0.29, 0.717) is 23.9 Å². The standard InChI is InChI=1S/C21H25N5O3S/c1-13(2)19(28)24-20-22-14(12-30-20)11-18(27)25-9-7-15(8-10-25)26-17-6-4-3-5-16(17)23-21(26)29/h3-6,12-13,15H,7-11H2,1-2H3,(H,23,29)(H,22,24,28). The van der Waals surface area contributed by atoms with E-state index in [-0.39, 0.29) is 35.9 Å². The maximum absolute atomic E-state index is 12.7. The highest BCUT2D eigenvalue weighted by atomic mass is 32.1. The van der Waals surface area contributed by atoms with Gasteiger partial charge in [0.1, 0.15) is 0 Å². The number of nitrogens with zero attached hydrogens (tertiary/aromatic N) is 3. The molecule has 1 aromatic carbocycles. The number of aromatic nitrogens is 3. The van der Waals surface area contributed by atoms with Gasteiger partial charge in [-0.05, 0) is 25.0 Å². The lowest BCUT2D eigenvalue weighted by molar-refractivity contribution is -0.131. The van der Waals surface area contributed by atoms with Crippen LogP contribution in [-0.2, 0) is 16.0 Å². The Labute approximate surface area is 177 Å². The normalized spacial score (nSPS) is 15.1. The molecule has 9 heteroatoms. The summed E-state index contributed by atoms with van der Waals surface area (Å²) in [7, 11) is 0. The van der Waals surface area contributed by atoms with Gasteiger partial charge in [0.25, 0.3) is 0 Å². The van der Waals surface area contributed by atoms with E-state index in [1.165, 1.54) is 11.3 Å². The first-order valence-corrected chi connectivity index (χ1v) is 11.0. The second-order valence-electron chi connectivity index (χ2n) is 7.89. The molecule has 0 unspecified atom stereocenters. The summed E-state index contributed by atoms with van der Waals surface area (Å²) in [6, 6.07) is 7.76. The molecule has 1 aliphatic rings. The summed E-state index contributed by atoms with van der Waals surface area (Å²) in [5, 5.41) is 5.10. The Bertz CT molecular complexity index is 1120. The minimum atomic E-state index is -0.120. The number of carbonyl (C=O) groups excluding carboxylic acids is 2. The number of piperidine rings is 1. The van der Waals surface area contributed by atoms with E-state index < -0.39 is 0 Å². The summed E-state index contributed by atoms with van der Waals surface area (Å²) < 4.78 is 1.82. The number of carbonyl (C=O) groups is 2.